The molecule has 0 aromatic heterocycles. The summed E-state index contributed by atoms with van der Waals surface area (Å²) in [5, 5.41) is 2.46. The zero-order valence-corrected chi connectivity index (χ0v) is 15.5. The van der Waals surface area contributed by atoms with Gasteiger partial charge in [-0.1, -0.05) is 42.0 Å². The Bertz CT molecular complexity index is 770. The Morgan fingerprint density at radius 1 is 1.23 bits per heavy atom. The van der Waals surface area contributed by atoms with Crippen LogP contribution < -0.4 is 5.32 Å². The van der Waals surface area contributed by atoms with Crippen molar-refractivity contribution in [1.82, 2.24) is 5.32 Å². The molecule has 2 aliphatic carbocycles. The van der Waals surface area contributed by atoms with Crippen LogP contribution in [0.25, 0.3) is 5.57 Å². The molecule has 0 saturated heterocycles. The molecule has 0 aliphatic heterocycles. The van der Waals surface area contributed by atoms with Crippen molar-refractivity contribution in [1.29, 1.82) is 0 Å². The first-order valence-corrected chi connectivity index (χ1v) is 8.96. The van der Waals surface area contributed by atoms with E-state index in [1.807, 2.05) is 12.1 Å². The standard InChI is InChI=1S/C21H25NO4/c1-21(2,3)26-19(23)12-22-20(24)25-13-18-16-10-6-4-8-14(16)15-9-5-7-11-17(15)18/h4-6,8-10,18H,7,11-13H2,1-3H3,(H,22,24). The Balaban J connectivity index is 1.58. The van der Waals surface area contributed by atoms with Crippen molar-refractivity contribution in [3.05, 3.63) is 53.1 Å². The number of allylic oxidation sites excluding steroid dienone is 3. The zero-order chi connectivity index (χ0) is 18.7. The van der Waals surface area contributed by atoms with Gasteiger partial charge in [-0.2, -0.15) is 0 Å². The van der Waals surface area contributed by atoms with Crippen molar-refractivity contribution in [3.63, 3.8) is 0 Å². The van der Waals surface area contributed by atoms with Gasteiger partial charge in [0.05, 0.1) is 0 Å². The molecule has 0 fully saturated rings. The van der Waals surface area contributed by atoms with Crippen molar-refractivity contribution in [2.24, 2.45) is 0 Å². The van der Waals surface area contributed by atoms with Gasteiger partial charge in [0.2, 0.25) is 0 Å². The highest BCUT2D eigenvalue weighted by Gasteiger charge is 2.31. The van der Waals surface area contributed by atoms with Gasteiger partial charge in [0.1, 0.15) is 18.8 Å². The second kappa shape index (κ2) is 7.36. The van der Waals surface area contributed by atoms with Gasteiger partial charge in [-0.15, -0.1) is 0 Å². The van der Waals surface area contributed by atoms with Crippen molar-refractivity contribution >= 4 is 17.6 Å². The number of fused-ring (bicyclic) bond motifs is 2. The summed E-state index contributed by atoms with van der Waals surface area (Å²) >= 11 is 0. The van der Waals surface area contributed by atoms with E-state index >= 15 is 0 Å². The van der Waals surface area contributed by atoms with E-state index in [1.165, 1.54) is 22.3 Å². The molecule has 5 nitrogen and oxygen atoms in total. The lowest BCUT2D eigenvalue weighted by atomic mass is 9.91. The summed E-state index contributed by atoms with van der Waals surface area (Å²) in [5.41, 5.74) is 4.43. The van der Waals surface area contributed by atoms with Gasteiger partial charge in [-0.25, -0.2) is 4.79 Å². The molecular weight excluding hydrogens is 330 g/mol. The van der Waals surface area contributed by atoms with E-state index in [0.717, 1.165) is 12.8 Å². The van der Waals surface area contributed by atoms with E-state index in [2.05, 4.69) is 29.6 Å². The van der Waals surface area contributed by atoms with Crippen molar-refractivity contribution in [3.8, 4) is 0 Å². The van der Waals surface area contributed by atoms with E-state index in [-0.39, 0.29) is 19.1 Å². The molecule has 0 radical (unpaired) electrons. The molecule has 1 unspecified atom stereocenters. The van der Waals surface area contributed by atoms with E-state index in [1.54, 1.807) is 20.8 Å². The third kappa shape index (κ3) is 4.15. The maximum Gasteiger partial charge on any atom is 0.407 e. The summed E-state index contributed by atoms with van der Waals surface area (Å²) in [6, 6.07) is 8.25. The Hall–Kier alpha value is -2.56. The van der Waals surface area contributed by atoms with Crippen LogP contribution in [0.2, 0.25) is 0 Å². The first-order valence-electron chi connectivity index (χ1n) is 8.96. The summed E-state index contributed by atoms with van der Waals surface area (Å²) in [6.45, 7) is 5.41. The molecule has 1 amide bonds. The summed E-state index contributed by atoms with van der Waals surface area (Å²) in [7, 11) is 0. The van der Waals surface area contributed by atoms with Gasteiger partial charge >= 0.3 is 12.1 Å². The summed E-state index contributed by atoms with van der Waals surface area (Å²) < 4.78 is 10.6. The molecule has 1 N–H and O–H groups in total. The minimum Gasteiger partial charge on any atom is -0.459 e. The highest BCUT2D eigenvalue weighted by molar-refractivity contribution is 5.85. The van der Waals surface area contributed by atoms with Crippen molar-refractivity contribution < 1.29 is 19.1 Å². The Morgan fingerprint density at radius 3 is 2.77 bits per heavy atom. The van der Waals surface area contributed by atoms with Crippen LogP contribution in [0.4, 0.5) is 4.79 Å². The summed E-state index contributed by atoms with van der Waals surface area (Å²) in [4.78, 5) is 23.6. The third-order valence-electron chi connectivity index (χ3n) is 4.44. The van der Waals surface area contributed by atoms with Crippen LogP contribution in [0.3, 0.4) is 0 Å². The number of hydrogen-bond acceptors (Lipinski definition) is 4. The number of carbonyl (C=O) groups is 2. The van der Waals surface area contributed by atoms with Gasteiger partial charge in [-0.3, -0.25) is 4.79 Å². The molecule has 26 heavy (non-hydrogen) atoms. The van der Waals surface area contributed by atoms with E-state index in [4.69, 9.17) is 9.47 Å². The molecule has 0 spiro atoms. The summed E-state index contributed by atoms with van der Waals surface area (Å²) in [6.07, 6.45) is 5.74. The fraction of sp³-hybridized carbons (Fsp3) is 0.429. The zero-order valence-electron chi connectivity index (χ0n) is 15.5. The lowest BCUT2D eigenvalue weighted by Gasteiger charge is -2.20. The molecule has 0 bridgehead atoms. The molecule has 1 atom stereocenters. The maximum atomic E-state index is 12.0. The van der Waals surface area contributed by atoms with Gasteiger partial charge in [0, 0.05) is 5.92 Å². The van der Waals surface area contributed by atoms with E-state index < -0.39 is 17.7 Å². The number of amides is 1. The predicted octanol–water partition coefficient (Wildman–Crippen LogP) is 3.96. The molecule has 5 heteroatoms. The Kier molecular flexibility index (Phi) is 5.16. The Labute approximate surface area is 154 Å². The smallest absolute Gasteiger partial charge is 0.407 e. The monoisotopic (exact) mass is 355 g/mol. The molecule has 0 heterocycles. The summed E-state index contributed by atoms with van der Waals surface area (Å²) in [5.74, 6) is -0.401. The van der Waals surface area contributed by atoms with E-state index in [0.29, 0.717) is 0 Å². The minimum atomic E-state index is -0.603. The lowest BCUT2D eigenvalue weighted by Crippen LogP contribution is -2.35. The number of esters is 1. The molecule has 2 aliphatic rings. The number of hydrogen-bond donors (Lipinski definition) is 1. The number of nitrogens with one attached hydrogen (secondary N) is 1. The van der Waals surface area contributed by atoms with Gasteiger partial charge in [0.25, 0.3) is 0 Å². The van der Waals surface area contributed by atoms with Crippen LogP contribution in [-0.2, 0) is 14.3 Å². The van der Waals surface area contributed by atoms with Crippen LogP contribution in [0, 0.1) is 0 Å². The average Bonchev–Trinajstić information content (AvgIpc) is 2.91. The van der Waals surface area contributed by atoms with Crippen LogP contribution in [0.1, 0.15) is 50.7 Å². The number of benzene rings is 1. The van der Waals surface area contributed by atoms with Crippen LogP contribution in [0.15, 0.2) is 42.0 Å². The minimum absolute atomic E-state index is 0.0819. The number of alkyl carbamates (subject to hydrolysis) is 1. The third-order valence-corrected chi connectivity index (χ3v) is 4.44. The Morgan fingerprint density at radius 2 is 2.00 bits per heavy atom. The number of rotatable bonds is 4. The molecule has 3 rings (SSSR count). The first kappa shape index (κ1) is 18.2. The highest BCUT2D eigenvalue weighted by Crippen LogP contribution is 2.46. The lowest BCUT2D eigenvalue weighted by molar-refractivity contribution is -0.153. The maximum absolute atomic E-state index is 12.0. The van der Waals surface area contributed by atoms with Gasteiger partial charge in [-0.05, 0) is 50.3 Å². The van der Waals surface area contributed by atoms with Gasteiger partial charge in [0.15, 0.2) is 0 Å². The van der Waals surface area contributed by atoms with Gasteiger partial charge < -0.3 is 14.8 Å². The quantitative estimate of drug-likeness (QED) is 0.831. The molecule has 1 aromatic rings. The second-order valence-corrected chi connectivity index (χ2v) is 7.56. The molecule has 1 aromatic carbocycles. The fourth-order valence-electron chi connectivity index (χ4n) is 3.46. The normalized spacial score (nSPS) is 18.2. The fourth-order valence-corrected chi connectivity index (χ4v) is 3.46. The van der Waals surface area contributed by atoms with E-state index in [9.17, 15) is 9.59 Å². The highest BCUT2D eigenvalue weighted by atomic mass is 16.6. The largest absolute Gasteiger partial charge is 0.459 e. The number of carbonyl (C=O) groups excluding carboxylic acids is 2. The molecule has 0 saturated carbocycles. The van der Waals surface area contributed by atoms with Crippen molar-refractivity contribution in [2.45, 2.75) is 45.1 Å². The van der Waals surface area contributed by atoms with Crippen molar-refractivity contribution in [2.75, 3.05) is 13.2 Å². The van der Waals surface area contributed by atoms with Crippen LogP contribution in [0.5, 0.6) is 0 Å². The predicted molar refractivity (Wildman–Crippen MR) is 99.7 cm³/mol. The first-order chi connectivity index (χ1) is 12.3. The SMILES string of the molecule is CC(C)(C)OC(=O)CNC(=O)OCC1C2=C(C=CCC2)c2ccccc21. The number of ether oxygens (including phenoxy) is 2. The van der Waals surface area contributed by atoms with Crippen LogP contribution in [-0.4, -0.2) is 30.8 Å². The molecule has 138 valence electrons. The topological polar surface area (TPSA) is 64.6 Å². The second-order valence-electron chi connectivity index (χ2n) is 7.56. The van der Waals surface area contributed by atoms with Crippen LogP contribution >= 0.6 is 0 Å². The molecular formula is C21H25NO4. The average molecular weight is 355 g/mol.